The summed E-state index contributed by atoms with van der Waals surface area (Å²) in [5.41, 5.74) is 1.37. The number of halogens is 2. The lowest BCUT2D eigenvalue weighted by atomic mass is 10.1. The van der Waals surface area contributed by atoms with Crippen LogP contribution in [0.4, 0.5) is 5.69 Å². The Morgan fingerprint density at radius 1 is 1.03 bits per heavy atom. The van der Waals surface area contributed by atoms with Crippen molar-refractivity contribution >= 4 is 51.2 Å². The topological polar surface area (TPSA) is 79.2 Å². The molecule has 0 fully saturated rings. The van der Waals surface area contributed by atoms with Gasteiger partial charge in [-0.2, -0.15) is 5.26 Å². The number of nitrogens with one attached hydrogen (secondary N) is 1. The van der Waals surface area contributed by atoms with Gasteiger partial charge in [0, 0.05) is 15.2 Å². The van der Waals surface area contributed by atoms with Crippen LogP contribution in [0.5, 0.6) is 5.75 Å². The van der Waals surface area contributed by atoms with Crippen molar-refractivity contribution < 1.29 is 14.3 Å². The van der Waals surface area contributed by atoms with Crippen molar-refractivity contribution in [1.82, 2.24) is 0 Å². The monoisotopic (exact) mass is 480 g/mol. The first-order valence-corrected chi connectivity index (χ1v) is 9.88. The molecule has 0 bridgehead atoms. The maximum atomic E-state index is 12.4. The fourth-order valence-corrected chi connectivity index (χ4v) is 2.86. The van der Waals surface area contributed by atoms with Gasteiger partial charge in [-0.3, -0.25) is 4.79 Å². The van der Waals surface area contributed by atoms with Crippen molar-refractivity contribution in [2.45, 2.75) is 0 Å². The second-order valence-corrected chi connectivity index (χ2v) is 7.45. The number of carbonyl (C=O) groups is 2. The molecule has 0 aliphatic rings. The van der Waals surface area contributed by atoms with E-state index in [0.717, 1.165) is 4.47 Å². The second-order valence-electron chi connectivity index (χ2n) is 6.10. The van der Waals surface area contributed by atoms with Crippen LogP contribution in [0.2, 0.25) is 5.02 Å². The number of nitriles is 1. The molecule has 5 nitrogen and oxygen atoms in total. The number of carbonyl (C=O) groups excluding carboxylic acids is 2. The Bertz CT molecular complexity index is 1150. The number of hydrogen-bond acceptors (Lipinski definition) is 4. The molecule has 0 aliphatic heterocycles. The number of rotatable bonds is 5. The highest BCUT2D eigenvalue weighted by Crippen LogP contribution is 2.19. The Morgan fingerprint density at radius 2 is 1.73 bits per heavy atom. The molecule has 3 aromatic carbocycles. The van der Waals surface area contributed by atoms with E-state index in [-0.39, 0.29) is 11.3 Å². The molecule has 0 spiro atoms. The summed E-state index contributed by atoms with van der Waals surface area (Å²) in [6, 6.07) is 21.8. The summed E-state index contributed by atoms with van der Waals surface area (Å²) in [6.07, 6.45) is 1.42. The van der Waals surface area contributed by atoms with Gasteiger partial charge >= 0.3 is 5.97 Å². The van der Waals surface area contributed by atoms with Gasteiger partial charge in [0.1, 0.15) is 17.4 Å². The molecule has 7 heteroatoms. The lowest BCUT2D eigenvalue weighted by Gasteiger charge is -2.06. The van der Waals surface area contributed by atoms with Gasteiger partial charge in [-0.25, -0.2) is 4.79 Å². The number of amides is 1. The number of nitrogens with zero attached hydrogens (tertiary/aromatic N) is 1. The van der Waals surface area contributed by atoms with Crippen LogP contribution >= 0.6 is 27.5 Å². The molecule has 1 amide bonds. The molecule has 0 aromatic heterocycles. The molecule has 0 heterocycles. The lowest BCUT2D eigenvalue weighted by molar-refractivity contribution is -0.112. The van der Waals surface area contributed by atoms with Crippen molar-refractivity contribution in [2.75, 3.05) is 5.32 Å². The number of hydrogen-bond donors (Lipinski definition) is 1. The average molecular weight is 482 g/mol. The van der Waals surface area contributed by atoms with Crippen molar-refractivity contribution in [1.29, 1.82) is 5.26 Å². The first-order chi connectivity index (χ1) is 14.4. The minimum atomic E-state index is -0.540. The van der Waals surface area contributed by atoms with Gasteiger partial charge < -0.3 is 10.1 Å². The number of anilines is 1. The summed E-state index contributed by atoms with van der Waals surface area (Å²) < 4.78 is 6.24. The third-order valence-corrected chi connectivity index (χ3v) is 4.71. The molecule has 0 radical (unpaired) electrons. The van der Waals surface area contributed by atoms with Gasteiger partial charge in [-0.1, -0.05) is 39.7 Å². The predicted molar refractivity (Wildman–Crippen MR) is 119 cm³/mol. The van der Waals surface area contributed by atoms with Crippen LogP contribution in [0, 0.1) is 11.3 Å². The molecule has 0 saturated heterocycles. The Balaban J connectivity index is 1.74. The van der Waals surface area contributed by atoms with E-state index in [2.05, 4.69) is 21.2 Å². The second kappa shape index (κ2) is 9.88. The molecule has 0 atom stereocenters. The maximum absolute atomic E-state index is 12.4. The standard InChI is InChI=1S/C23H14BrClN2O3/c24-18-6-10-20(11-7-18)27-22(28)17(14-26)12-15-2-1-3-21(13-15)30-23(29)16-4-8-19(25)9-5-16/h1-13H,(H,27,28)/b17-12+. The van der Waals surface area contributed by atoms with E-state index in [1.165, 1.54) is 6.08 Å². The molecule has 3 aromatic rings. The van der Waals surface area contributed by atoms with Gasteiger partial charge in [0.2, 0.25) is 0 Å². The highest BCUT2D eigenvalue weighted by Gasteiger charge is 2.11. The first-order valence-electron chi connectivity index (χ1n) is 8.71. The van der Waals surface area contributed by atoms with E-state index in [9.17, 15) is 14.9 Å². The summed E-state index contributed by atoms with van der Waals surface area (Å²) in [5, 5.41) is 12.6. The number of ether oxygens (including phenoxy) is 1. The van der Waals surface area contributed by atoms with E-state index in [1.54, 1.807) is 72.8 Å². The fraction of sp³-hybridized carbons (Fsp3) is 0. The van der Waals surface area contributed by atoms with Crippen LogP contribution in [-0.2, 0) is 4.79 Å². The van der Waals surface area contributed by atoms with Crippen molar-refractivity contribution in [3.05, 3.63) is 99.0 Å². The maximum Gasteiger partial charge on any atom is 0.343 e. The van der Waals surface area contributed by atoms with E-state index in [0.29, 0.717) is 21.8 Å². The largest absolute Gasteiger partial charge is 0.423 e. The summed E-state index contributed by atoms with van der Waals surface area (Å²) in [5.74, 6) is -0.793. The normalized spacial score (nSPS) is 10.8. The van der Waals surface area contributed by atoms with Crippen LogP contribution in [0.15, 0.2) is 82.8 Å². The summed E-state index contributed by atoms with van der Waals surface area (Å²) in [4.78, 5) is 24.6. The number of esters is 1. The highest BCUT2D eigenvalue weighted by atomic mass is 79.9. The van der Waals surface area contributed by atoms with Crippen LogP contribution < -0.4 is 10.1 Å². The van der Waals surface area contributed by atoms with Crippen LogP contribution in [0.1, 0.15) is 15.9 Å². The lowest BCUT2D eigenvalue weighted by Crippen LogP contribution is -2.13. The summed E-state index contributed by atoms with van der Waals surface area (Å²) in [7, 11) is 0. The predicted octanol–water partition coefficient (Wildman–Crippen LogP) is 5.87. The smallest absolute Gasteiger partial charge is 0.343 e. The summed E-state index contributed by atoms with van der Waals surface area (Å²) in [6.45, 7) is 0. The molecular weight excluding hydrogens is 468 g/mol. The van der Waals surface area contributed by atoms with Crippen LogP contribution in [0.3, 0.4) is 0 Å². The van der Waals surface area contributed by atoms with Crippen molar-refractivity contribution in [3.8, 4) is 11.8 Å². The quantitative estimate of drug-likeness (QED) is 0.214. The third-order valence-electron chi connectivity index (χ3n) is 3.93. The highest BCUT2D eigenvalue weighted by molar-refractivity contribution is 9.10. The van der Waals surface area contributed by atoms with Gasteiger partial charge in [0.05, 0.1) is 5.56 Å². The zero-order chi connectivity index (χ0) is 21.5. The minimum Gasteiger partial charge on any atom is -0.423 e. The third kappa shape index (κ3) is 5.80. The van der Waals surface area contributed by atoms with Crippen molar-refractivity contribution in [3.63, 3.8) is 0 Å². The molecule has 3 rings (SSSR count). The average Bonchev–Trinajstić information content (AvgIpc) is 2.74. The SMILES string of the molecule is N#C/C(=C\c1cccc(OC(=O)c2ccc(Cl)cc2)c1)C(=O)Nc1ccc(Br)cc1. The van der Waals surface area contributed by atoms with Gasteiger partial charge in [-0.15, -0.1) is 0 Å². The van der Waals surface area contributed by atoms with Crippen LogP contribution in [0.25, 0.3) is 6.08 Å². The van der Waals surface area contributed by atoms with Crippen LogP contribution in [-0.4, -0.2) is 11.9 Å². The van der Waals surface area contributed by atoms with E-state index >= 15 is 0 Å². The first kappa shape index (κ1) is 21.3. The van der Waals surface area contributed by atoms with E-state index < -0.39 is 11.9 Å². The van der Waals surface area contributed by atoms with Gasteiger partial charge in [0.15, 0.2) is 0 Å². The van der Waals surface area contributed by atoms with Gasteiger partial charge in [-0.05, 0) is 72.3 Å². The zero-order valence-electron chi connectivity index (χ0n) is 15.4. The molecule has 0 unspecified atom stereocenters. The molecule has 30 heavy (non-hydrogen) atoms. The number of benzene rings is 3. The fourth-order valence-electron chi connectivity index (χ4n) is 2.47. The Morgan fingerprint density at radius 3 is 2.40 bits per heavy atom. The molecule has 0 aliphatic carbocycles. The summed E-state index contributed by atoms with van der Waals surface area (Å²) >= 11 is 9.15. The Kier molecular flexibility index (Phi) is 7.02. The van der Waals surface area contributed by atoms with E-state index in [4.69, 9.17) is 16.3 Å². The molecule has 0 saturated carbocycles. The van der Waals surface area contributed by atoms with E-state index in [1.807, 2.05) is 6.07 Å². The Labute approximate surface area is 186 Å². The zero-order valence-corrected chi connectivity index (χ0v) is 17.8. The minimum absolute atomic E-state index is 0.0842. The molecule has 148 valence electrons. The van der Waals surface area contributed by atoms with Gasteiger partial charge in [0.25, 0.3) is 5.91 Å². The van der Waals surface area contributed by atoms with Crippen molar-refractivity contribution in [2.24, 2.45) is 0 Å². The molecule has 1 N–H and O–H groups in total. The molecular formula is C23H14BrClN2O3. The Hall–Kier alpha value is -3.40.